The minimum absolute atomic E-state index is 0.459. The maximum absolute atomic E-state index is 5.89. The summed E-state index contributed by atoms with van der Waals surface area (Å²) >= 11 is 0. The molecule has 0 radical (unpaired) electrons. The third-order valence-corrected chi connectivity index (χ3v) is 2.91. The maximum atomic E-state index is 5.89. The first-order valence-electron chi connectivity index (χ1n) is 6.41. The van der Waals surface area contributed by atoms with E-state index in [0.29, 0.717) is 6.10 Å². The summed E-state index contributed by atoms with van der Waals surface area (Å²) in [4.78, 5) is 0. The highest BCUT2D eigenvalue weighted by Gasteiger charge is 2.28. The van der Waals surface area contributed by atoms with Crippen molar-refractivity contribution in [2.45, 2.75) is 53.1 Å². The summed E-state index contributed by atoms with van der Waals surface area (Å²) in [7, 11) is 0. The van der Waals surface area contributed by atoms with Gasteiger partial charge in [-0.1, -0.05) is 45.4 Å². The lowest BCUT2D eigenvalue weighted by molar-refractivity contribution is 0.0570. The molecule has 0 amide bonds. The van der Waals surface area contributed by atoms with Gasteiger partial charge in [0.1, 0.15) is 11.9 Å². The van der Waals surface area contributed by atoms with Crippen LogP contribution in [0.4, 0.5) is 0 Å². The number of benzene rings is 1. The average Bonchev–Trinajstić information content (AvgIpc) is 2.27. The Hall–Kier alpha value is -0.980. The molecule has 0 unspecified atom stereocenters. The second kappa shape index (κ2) is 6.57. The normalized spacial score (nSPS) is 22.8. The molecule has 0 spiro atoms. The zero-order valence-corrected chi connectivity index (χ0v) is 11.0. The lowest BCUT2D eigenvalue weighted by Crippen LogP contribution is -2.34. The van der Waals surface area contributed by atoms with Gasteiger partial charge in [0.15, 0.2) is 0 Å². The number of para-hydroxylation sites is 1. The van der Waals surface area contributed by atoms with Crippen LogP contribution in [0.1, 0.15) is 45.6 Å². The zero-order chi connectivity index (χ0) is 12.0. The van der Waals surface area contributed by atoms with Crippen LogP contribution in [0, 0.1) is 12.8 Å². The monoisotopic (exact) mass is 220 g/mol. The second-order valence-electron chi connectivity index (χ2n) is 4.68. The first kappa shape index (κ1) is 13.1. The van der Waals surface area contributed by atoms with Gasteiger partial charge in [0.25, 0.3) is 0 Å². The van der Waals surface area contributed by atoms with Gasteiger partial charge in [0, 0.05) is 0 Å². The fourth-order valence-corrected chi connectivity index (χ4v) is 1.66. The van der Waals surface area contributed by atoms with Crippen molar-refractivity contribution in [1.82, 2.24) is 0 Å². The zero-order valence-electron chi connectivity index (χ0n) is 11.0. The molecule has 1 nitrogen and oxygen atoms in total. The van der Waals surface area contributed by atoms with Crippen molar-refractivity contribution in [2.24, 2.45) is 5.92 Å². The molecular weight excluding hydrogens is 196 g/mol. The first-order chi connectivity index (χ1) is 7.69. The molecule has 0 aromatic heterocycles. The molecular formula is C15H24O. The van der Waals surface area contributed by atoms with Gasteiger partial charge in [0.2, 0.25) is 0 Å². The highest BCUT2D eigenvalue weighted by Crippen LogP contribution is 2.31. The lowest BCUT2D eigenvalue weighted by atomic mass is 9.83. The van der Waals surface area contributed by atoms with Gasteiger partial charge >= 0.3 is 0 Å². The van der Waals surface area contributed by atoms with Crippen LogP contribution in [0.25, 0.3) is 0 Å². The van der Waals surface area contributed by atoms with Crippen molar-refractivity contribution < 1.29 is 4.74 Å². The molecule has 16 heavy (non-hydrogen) atoms. The van der Waals surface area contributed by atoms with Gasteiger partial charge < -0.3 is 4.74 Å². The Bertz CT molecular complexity index is 306. The Kier molecular flexibility index (Phi) is 5.37. The van der Waals surface area contributed by atoms with E-state index < -0.39 is 0 Å². The van der Waals surface area contributed by atoms with Crippen LogP contribution in [0.3, 0.4) is 0 Å². The van der Waals surface area contributed by atoms with Crippen LogP contribution in [0.5, 0.6) is 5.75 Å². The minimum atomic E-state index is 0.459. The van der Waals surface area contributed by atoms with E-state index in [1.165, 1.54) is 24.8 Å². The van der Waals surface area contributed by atoms with Crippen LogP contribution >= 0.6 is 0 Å². The highest BCUT2D eigenvalue weighted by molar-refractivity contribution is 5.32. The molecule has 1 aromatic carbocycles. The molecule has 0 aliphatic heterocycles. The summed E-state index contributed by atoms with van der Waals surface area (Å²) in [6.45, 7) is 8.60. The Balaban J connectivity index is 0.000000386. The summed E-state index contributed by atoms with van der Waals surface area (Å²) in [6.07, 6.45) is 4.24. The van der Waals surface area contributed by atoms with E-state index in [4.69, 9.17) is 4.74 Å². The highest BCUT2D eigenvalue weighted by atomic mass is 16.5. The van der Waals surface area contributed by atoms with E-state index in [-0.39, 0.29) is 0 Å². The van der Waals surface area contributed by atoms with Crippen LogP contribution in [-0.2, 0) is 0 Å². The fraction of sp³-hybridized carbons (Fsp3) is 0.600. The molecule has 0 bridgehead atoms. The minimum Gasteiger partial charge on any atom is -0.490 e. The van der Waals surface area contributed by atoms with Crippen LogP contribution < -0.4 is 4.74 Å². The van der Waals surface area contributed by atoms with Crippen LogP contribution in [-0.4, -0.2) is 6.10 Å². The van der Waals surface area contributed by atoms with E-state index in [2.05, 4.69) is 39.8 Å². The van der Waals surface area contributed by atoms with Gasteiger partial charge in [-0.05, 0) is 37.3 Å². The smallest absolute Gasteiger partial charge is 0.122 e. The fourth-order valence-electron chi connectivity index (χ4n) is 1.66. The molecule has 0 saturated heterocycles. The van der Waals surface area contributed by atoms with Crippen molar-refractivity contribution in [3.05, 3.63) is 29.8 Å². The van der Waals surface area contributed by atoms with E-state index in [1.54, 1.807) is 0 Å². The summed E-state index contributed by atoms with van der Waals surface area (Å²) in [5.74, 6) is 1.79. The van der Waals surface area contributed by atoms with E-state index in [9.17, 15) is 0 Å². The topological polar surface area (TPSA) is 9.23 Å². The molecule has 1 saturated carbocycles. The van der Waals surface area contributed by atoms with Gasteiger partial charge in [0.05, 0.1) is 0 Å². The molecule has 1 fully saturated rings. The quantitative estimate of drug-likeness (QED) is 0.708. The van der Waals surface area contributed by atoms with Crippen molar-refractivity contribution in [2.75, 3.05) is 0 Å². The van der Waals surface area contributed by atoms with Crippen LogP contribution in [0.15, 0.2) is 24.3 Å². The van der Waals surface area contributed by atoms with Gasteiger partial charge in [-0.2, -0.15) is 0 Å². The average molecular weight is 220 g/mol. The predicted octanol–water partition coefficient (Wildman–Crippen LogP) is 4.59. The van der Waals surface area contributed by atoms with Crippen molar-refractivity contribution >= 4 is 0 Å². The summed E-state index contributed by atoms with van der Waals surface area (Å²) in [5, 5.41) is 0. The molecule has 1 aromatic rings. The molecule has 2 rings (SSSR count). The lowest BCUT2D eigenvalue weighted by Gasteiger charge is -2.34. The molecule has 1 heteroatoms. The van der Waals surface area contributed by atoms with E-state index >= 15 is 0 Å². The summed E-state index contributed by atoms with van der Waals surface area (Å²) < 4.78 is 5.89. The predicted molar refractivity (Wildman–Crippen MR) is 70.0 cm³/mol. The van der Waals surface area contributed by atoms with E-state index in [0.717, 1.165) is 11.7 Å². The summed E-state index contributed by atoms with van der Waals surface area (Å²) in [6, 6.07) is 8.23. The van der Waals surface area contributed by atoms with E-state index in [1.807, 2.05) is 12.1 Å². The number of hydrogen-bond acceptors (Lipinski definition) is 1. The second-order valence-corrected chi connectivity index (χ2v) is 4.68. The van der Waals surface area contributed by atoms with Gasteiger partial charge in [-0.3, -0.25) is 0 Å². The van der Waals surface area contributed by atoms with Crippen molar-refractivity contribution in [3.8, 4) is 5.75 Å². The molecule has 0 N–H and O–H groups in total. The standard InChI is InChI=1S/C12H16O.C3H8/c1-9-5-3-4-6-11(9)13-12-8-7-10(12)2;1-3-2/h3-6,10,12H,7-8H2,1-2H3;3H2,1-2H3/t10-,12+;/m1./s1. The molecule has 90 valence electrons. The molecule has 1 aliphatic rings. The Morgan fingerprint density at radius 2 is 1.81 bits per heavy atom. The first-order valence-corrected chi connectivity index (χ1v) is 6.41. The molecule has 0 heterocycles. The Morgan fingerprint density at radius 1 is 1.19 bits per heavy atom. The third kappa shape index (κ3) is 3.55. The molecule has 1 aliphatic carbocycles. The number of rotatable bonds is 2. The van der Waals surface area contributed by atoms with Gasteiger partial charge in [-0.25, -0.2) is 0 Å². The Labute approximate surface area is 99.8 Å². The number of ether oxygens (including phenoxy) is 1. The Morgan fingerprint density at radius 3 is 2.25 bits per heavy atom. The third-order valence-electron chi connectivity index (χ3n) is 2.91. The number of aryl methyl sites for hydroxylation is 1. The maximum Gasteiger partial charge on any atom is 0.122 e. The van der Waals surface area contributed by atoms with Gasteiger partial charge in [-0.15, -0.1) is 0 Å². The summed E-state index contributed by atoms with van der Waals surface area (Å²) in [5.41, 5.74) is 1.24. The van der Waals surface area contributed by atoms with Crippen LogP contribution in [0.2, 0.25) is 0 Å². The van der Waals surface area contributed by atoms with Crippen molar-refractivity contribution in [1.29, 1.82) is 0 Å². The van der Waals surface area contributed by atoms with Crippen molar-refractivity contribution in [3.63, 3.8) is 0 Å². The largest absolute Gasteiger partial charge is 0.490 e. The SMILES string of the molecule is CCC.Cc1ccccc1O[C@H]1CC[C@H]1C. The molecule has 2 atom stereocenters. The number of hydrogen-bond donors (Lipinski definition) is 0.